The summed E-state index contributed by atoms with van der Waals surface area (Å²) in [6.07, 6.45) is -1.70. The summed E-state index contributed by atoms with van der Waals surface area (Å²) in [6, 6.07) is 31.2. The monoisotopic (exact) mass is 1380 g/mol. The molecule has 99 heavy (non-hydrogen) atoms. The van der Waals surface area contributed by atoms with E-state index >= 15 is 0 Å². The average molecular weight is 1380 g/mol. The normalized spacial score (nSPS) is 13.8. The van der Waals surface area contributed by atoms with E-state index in [1.807, 2.05) is 0 Å². The van der Waals surface area contributed by atoms with E-state index in [0.717, 1.165) is 19.0 Å². The van der Waals surface area contributed by atoms with Gasteiger partial charge in [-0.1, -0.05) is 70.1 Å². The minimum absolute atomic E-state index is 0.00295. The Kier molecular flexibility index (Phi) is 19.9. The second-order valence-corrected chi connectivity index (χ2v) is 22.8. The fourth-order valence-corrected chi connectivity index (χ4v) is 9.35. The van der Waals surface area contributed by atoms with Crippen molar-refractivity contribution in [3.8, 4) is 68.7 Å². The van der Waals surface area contributed by atoms with Crippen molar-refractivity contribution in [1.29, 1.82) is 0 Å². The van der Waals surface area contributed by atoms with Crippen molar-refractivity contribution in [3.05, 3.63) is 199 Å². The molecule has 1 saturated carbocycles. The Labute approximate surface area is 552 Å². The lowest BCUT2D eigenvalue weighted by Crippen LogP contribution is -2.47. The SMILES string of the molecule is CC(O)(CC(=O)Nc1ccnc(-c2cc(-c3ccon3)n(Cc3ccccc3F)n2)n1)C(F)(F)F.CC(O)(CNc1ccnc(-c2cc(-c3ccon3)n(Cc3ccccc3F)n2)n1)C(F)(F)F.OCC1(Nc2nc(-c3cc(-c4ccon4)n(Cc4ccccc4F)n3)ncc2F)CC1. The molecule has 6 N–H and O–H groups in total. The molecule has 1 aliphatic rings. The van der Waals surface area contributed by atoms with Gasteiger partial charge in [-0.05, 0) is 75.2 Å². The molecule has 35 heteroatoms. The molecule has 2 unspecified atom stereocenters. The van der Waals surface area contributed by atoms with E-state index in [-0.39, 0.29) is 78.4 Å². The summed E-state index contributed by atoms with van der Waals surface area (Å²) in [7, 11) is 0. The molecule has 9 aromatic heterocycles. The lowest BCUT2D eigenvalue weighted by atomic mass is 10.0. The summed E-state index contributed by atoms with van der Waals surface area (Å²) in [6.45, 7) is 0.536. The average Bonchev–Trinajstić information content (AvgIpc) is 1.67. The zero-order chi connectivity index (χ0) is 70.3. The first-order valence-electron chi connectivity index (χ1n) is 29.6. The van der Waals surface area contributed by atoms with E-state index in [1.165, 1.54) is 70.9 Å². The van der Waals surface area contributed by atoms with Crippen LogP contribution in [0.1, 0.15) is 49.8 Å². The number of hydrogen-bond acceptors (Lipinski definition) is 21. The molecule has 0 aliphatic heterocycles. The van der Waals surface area contributed by atoms with Crippen molar-refractivity contribution < 1.29 is 77.6 Å². The highest BCUT2D eigenvalue weighted by molar-refractivity contribution is 5.90. The van der Waals surface area contributed by atoms with Crippen LogP contribution in [0.3, 0.4) is 0 Å². The van der Waals surface area contributed by atoms with E-state index in [4.69, 9.17) is 13.6 Å². The Morgan fingerprint density at radius 1 is 0.525 bits per heavy atom. The minimum atomic E-state index is -4.98. The number of alkyl halides is 6. The lowest BCUT2D eigenvalue weighted by molar-refractivity contribution is -0.252. The van der Waals surface area contributed by atoms with Gasteiger partial charge >= 0.3 is 12.4 Å². The molecule has 1 aliphatic carbocycles. The number of carbonyl (C=O) groups excluding carboxylic acids is 1. The summed E-state index contributed by atoms with van der Waals surface area (Å²) < 4.78 is 153. The van der Waals surface area contributed by atoms with Crippen molar-refractivity contribution in [2.24, 2.45) is 0 Å². The molecule has 0 saturated heterocycles. The maximum Gasteiger partial charge on any atom is 0.418 e. The fraction of sp³-hybridized carbons (Fsp3) is 0.234. The van der Waals surface area contributed by atoms with Crippen molar-refractivity contribution >= 4 is 23.4 Å². The van der Waals surface area contributed by atoms with Gasteiger partial charge in [0.1, 0.15) is 82.0 Å². The van der Waals surface area contributed by atoms with Crippen LogP contribution < -0.4 is 16.0 Å². The third-order valence-electron chi connectivity index (χ3n) is 15.2. The van der Waals surface area contributed by atoms with Gasteiger partial charge in [-0.15, -0.1) is 0 Å². The Balaban J connectivity index is 0.000000150. The van der Waals surface area contributed by atoms with E-state index < -0.39 is 65.4 Å². The number of nitrogens with zero attached hydrogens (tertiary/aromatic N) is 15. The number of aromatic nitrogens is 15. The van der Waals surface area contributed by atoms with Crippen molar-refractivity contribution in [2.45, 2.75) is 81.8 Å². The first-order valence-corrected chi connectivity index (χ1v) is 29.6. The number of anilines is 3. The largest absolute Gasteiger partial charge is 0.418 e. The van der Waals surface area contributed by atoms with Gasteiger partial charge in [-0.25, -0.2) is 47.5 Å². The number of aliphatic hydroxyl groups is 3. The van der Waals surface area contributed by atoms with Crippen LogP contribution in [0.5, 0.6) is 0 Å². The van der Waals surface area contributed by atoms with Gasteiger partial charge in [0.05, 0.1) is 68.0 Å². The third kappa shape index (κ3) is 16.5. The highest BCUT2D eigenvalue weighted by Crippen LogP contribution is 2.39. The summed E-state index contributed by atoms with van der Waals surface area (Å²) in [5.74, 6) is -2.57. The second-order valence-electron chi connectivity index (χ2n) is 22.8. The molecule has 0 spiro atoms. The molecule has 0 bridgehead atoms. The zero-order valence-electron chi connectivity index (χ0n) is 51.6. The minimum Gasteiger partial charge on any atom is -0.394 e. The first kappa shape index (κ1) is 68.8. The Morgan fingerprint density at radius 2 is 0.929 bits per heavy atom. The Bertz CT molecular complexity index is 4730. The topological polar surface area (TPSA) is 323 Å². The smallest absolute Gasteiger partial charge is 0.394 e. The van der Waals surface area contributed by atoms with Gasteiger partial charge in [-0.3, -0.25) is 18.8 Å². The quantitative estimate of drug-likeness (QED) is 0.0364. The molecule has 0 radical (unpaired) electrons. The van der Waals surface area contributed by atoms with Crippen LogP contribution in [-0.4, -0.2) is 138 Å². The van der Waals surface area contributed by atoms with Crippen molar-refractivity contribution in [3.63, 3.8) is 0 Å². The molecule has 1 fully saturated rings. The van der Waals surface area contributed by atoms with Crippen LogP contribution in [0.2, 0.25) is 0 Å². The van der Waals surface area contributed by atoms with Crippen LogP contribution >= 0.6 is 0 Å². The van der Waals surface area contributed by atoms with Gasteiger partial charge in [0.2, 0.25) is 5.91 Å². The maximum absolute atomic E-state index is 14.3. The highest BCUT2D eigenvalue weighted by atomic mass is 19.4. The van der Waals surface area contributed by atoms with Gasteiger partial charge in [0, 0.05) is 47.3 Å². The molecule has 512 valence electrons. The van der Waals surface area contributed by atoms with Gasteiger partial charge < -0.3 is 44.8 Å². The Hall–Kier alpha value is -11.6. The van der Waals surface area contributed by atoms with E-state index in [2.05, 4.69) is 76.6 Å². The fourth-order valence-electron chi connectivity index (χ4n) is 9.35. The van der Waals surface area contributed by atoms with Crippen LogP contribution in [0, 0.1) is 23.3 Å². The number of halogens is 10. The molecule has 3 aromatic carbocycles. The summed E-state index contributed by atoms with van der Waals surface area (Å²) in [5.41, 5.74) is -1.68. The summed E-state index contributed by atoms with van der Waals surface area (Å²) >= 11 is 0. The molecule has 13 rings (SSSR count). The number of nitrogens with one attached hydrogen (secondary N) is 3. The first-order chi connectivity index (χ1) is 47.2. The number of benzene rings is 3. The number of aliphatic hydroxyl groups excluding tert-OH is 1. The zero-order valence-corrected chi connectivity index (χ0v) is 51.6. The van der Waals surface area contributed by atoms with Gasteiger partial charge in [0.25, 0.3) is 0 Å². The molecule has 25 nitrogen and oxygen atoms in total. The standard InChI is InChI=1S/C22H18F4N6O3.C21H18F4N6O2.C21H18F2N6O2/c1-21(34,22(24,25)26)11-19(33)28-18-6-8-27-20(29-18)16-10-17(15-7-9-35-31-15)32(30-16)12-13-4-2-3-5-14(13)23;1-20(32,21(23,24)25)12-27-18-6-8-26-19(28-18)16-10-17(15-7-9-33-30-15)31(29-16)11-13-4-2-3-5-14(13)22;22-14-4-2-1-3-13(14)11-29-18(16-5-8-31-28-16)9-17(27-29)20-24-10-15(23)19(25-20)26-21(12-30)6-7-21/h2-10,34H,11-12H2,1H3,(H,27,28,29,33);2-10,32H,11-12H2,1H3,(H,26,27,28);1-5,8-10,30H,6-7,11-12H2,(H,24,25,26). The maximum atomic E-state index is 14.3. The molecular weight excluding hydrogens is 1320 g/mol. The summed E-state index contributed by atoms with van der Waals surface area (Å²) in [5, 5.41) is 61.4. The van der Waals surface area contributed by atoms with Crippen LogP contribution in [0.15, 0.2) is 172 Å². The second kappa shape index (κ2) is 28.6. The highest BCUT2D eigenvalue weighted by Gasteiger charge is 2.51. The van der Waals surface area contributed by atoms with Crippen molar-refractivity contribution in [1.82, 2.24) is 74.7 Å². The lowest BCUT2D eigenvalue weighted by Gasteiger charge is -2.26. The molecule has 2 atom stereocenters. The van der Waals surface area contributed by atoms with Gasteiger partial charge in [0.15, 0.2) is 40.3 Å². The Morgan fingerprint density at radius 3 is 1.31 bits per heavy atom. The predicted octanol–water partition coefficient (Wildman–Crippen LogP) is 11.0. The van der Waals surface area contributed by atoms with E-state index in [9.17, 15) is 64.0 Å². The molecule has 12 aromatic rings. The molecule has 9 heterocycles. The molecular formula is C64H54F10N18O7. The van der Waals surface area contributed by atoms with Crippen LogP contribution in [0.25, 0.3) is 68.7 Å². The summed E-state index contributed by atoms with van der Waals surface area (Å²) in [4.78, 5) is 37.0. The third-order valence-corrected chi connectivity index (χ3v) is 15.2. The van der Waals surface area contributed by atoms with E-state index in [1.54, 1.807) is 95.7 Å². The van der Waals surface area contributed by atoms with Crippen LogP contribution in [0.4, 0.5) is 61.4 Å². The number of rotatable bonds is 21. The van der Waals surface area contributed by atoms with Crippen molar-refractivity contribution in [2.75, 3.05) is 29.1 Å². The number of hydrogen-bond donors (Lipinski definition) is 6. The predicted molar refractivity (Wildman–Crippen MR) is 330 cm³/mol. The molecule has 1 amide bonds. The van der Waals surface area contributed by atoms with Gasteiger partial charge in [-0.2, -0.15) is 41.6 Å². The van der Waals surface area contributed by atoms with E-state index in [0.29, 0.717) is 70.4 Å². The van der Waals surface area contributed by atoms with Crippen LogP contribution in [-0.2, 0) is 24.4 Å². The number of amides is 1. The number of carbonyl (C=O) groups is 1.